The van der Waals surface area contributed by atoms with Crippen molar-refractivity contribution in [3.63, 3.8) is 0 Å². The first-order valence-electron chi connectivity index (χ1n) is 8.30. The smallest absolute Gasteiger partial charge is 0.335 e. The zero-order valence-corrected chi connectivity index (χ0v) is 14.9. The van der Waals surface area contributed by atoms with Gasteiger partial charge in [0, 0.05) is 11.3 Å². The van der Waals surface area contributed by atoms with Crippen molar-refractivity contribution in [3.05, 3.63) is 65.2 Å². The number of nitrogens with one attached hydrogen (secondary N) is 2. The molecule has 6 heteroatoms. The highest BCUT2D eigenvalue weighted by molar-refractivity contribution is 6.02. The number of carbonyl (C=O) groups is 3. The normalized spacial score (nSPS) is 11.7. The first kappa shape index (κ1) is 19.2. The maximum Gasteiger partial charge on any atom is 0.335 e. The third-order valence-corrected chi connectivity index (χ3v) is 4.00. The van der Waals surface area contributed by atoms with Gasteiger partial charge in [0.25, 0.3) is 5.91 Å². The monoisotopic (exact) mass is 354 g/mol. The van der Waals surface area contributed by atoms with Crippen LogP contribution in [0.3, 0.4) is 0 Å². The van der Waals surface area contributed by atoms with Gasteiger partial charge in [-0.2, -0.15) is 0 Å². The lowest BCUT2D eigenvalue weighted by Gasteiger charge is -2.22. The van der Waals surface area contributed by atoms with Gasteiger partial charge in [0.1, 0.15) is 6.04 Å². The molecular weight excluding hydrogens is 332 g/mol. The highest BCUT2D eigenvalue weighted by Gasteiger charge is 2.25. The Morgan fingerprint density at radius 2 is 1.69 bits per heavy atom. The van der Waals surface area contributed by atoms with Crippen molar-refractivity contribution in [2.45, 2.75) is 26.8 Å². The Balaban J connectivity index is 2.15. The average molecular weight is 354 g/mol. The van der Waals surface area contributed by atoms with Crippen LogP contribution in [-0.2, 0) is 4.79 Å². The molecule has 0 aliphatic carbocycles. The van der Waals surface area contributed by atoms with Gasteiger partial charge in [-0.05, 0) is 42.7 Å². The van der Waals surface area contributed by atoms with E-state index in [0.717, 1.165) is 5.56 Å². The van der Waals surface area contributed by atoms with Crippen LogP contribution in [0.1, 0.15) is 40.1 Å². The molecule has 0 radical (unpaired) electrons. The van der Waals surface area contributed by atoms with Crippen molar-refractivity contribution in [2.24, 2.45) is 5.92 Å². The molecule has 1 atom stereocenters. The number of anilines is 1. The van der Waals surface area contributed by atoms with Crippen LogP contribution >= 0.6 is 0 Å². The van der Waals surface area contributed by atoms with E-state index in [1.807, 2.05) is 32.9 Å². The summed E-state index contributed by atoms with van der Waals surface area (Å²) < 4.78 is 0. The van der Waals surface area contributed by atoms with Crippen LogP contribution in [-0.4, -0.2) is 28.9 Å². The molecule has 0 saturated carbocycles. The van der Waals surface area contributed by atoms with E-state index in [1.165, 1.54) is 12.1 Å². The Kier molecular flexibility index (Phi) is 6.11. The minimum absolute atomic E-state index is 0.0767. The van der Waals surface area contributed by atoms with Gasteiger partial charge in [-0.1, -0.05) is 38.1 Å². The largest absolute Gasteiger partial charge is 0.478 e. The molecule has 0 spiro atoms. The summed E-state index contributed by atoms with van der Waals surface area (Å²) in [7, 11) is 0. The number of benzene rings is 2. The van der Waals surface area contributed by atoms with Gasteiger partial charge in [-0.15, -0.1) is 0 Å². The fraction of sp³-hybridized carbons (Fsp3) is 0.250. The lowest BCUT2D eigenvalue weighted by atomic mass is 10.0. The van der Waals surface area contributed by atoms with Crippen LogP contribution in [0.15, 0.2) is 48.5 Å². The second kappa shape index (κ2) is 8.29. The van der Waals surface area contributed by atoms with Crippen molar-refractivity contribution in [1.82, 2.24) is 5.32 Å². The summed E-state index contributed by atoms with van der Waals surface area (Å²) in [6.07, 6.45) is 0. The second-order valence-electron chi connectivity index (χ2n) is 6.39. The van der Waals surface area contributed by atoms with Gasteiger partial charge < -0.3 is 15.7 Å². The van der Waals surface area contributed by atoms with E-state index < -0.39 is 17.9 Å². The first-order chi connectivity index (χ1) is 12.3. The summed E-state index contributed by atoms with van der Waals surface area (Å²) >= 11 is 0. The van der Waals surface area contributed by atoms with Crippen LogP contribution in [0, 0.1) is 12.8 Å². The maximum absolute atomic E-state index is 12.6. The predicted octanol–water partition coefficient (Wildman–Crippen LogP) is 3.09. The molecule has 2 amide bonds. The van der Waals surface area contributed by atoms with Crippen molar-refractivity contribution < 1.29 is 19.5 Å². The number of hydrogen-bond acceptors (Lipinski definition) is 3. The topological polar surface area (TPSA) is 95.5 Å². The molecular formula is C20H22N2O4. The number of carboxylic acid groups (broad SMARTS) is 1. The van der Waals surface area contributed by atoms with E-state index in [0.29, 0.717) is 11.3 Å². The molecule has 0 fully saturated rings. The number of rotatable bonds is 6. The summed E-state index contributed by atoms with van der Waals surface area (Å²) in [6.45, 7) is 5.49. The van der Waals surface area contributed by atoms with Gasteiger partial charge >= 0.3 is 5.97 Å². The van der Waals surface area contributed by atoms with Crippen molar-refractivity contribution in [1.29, 1.82) is 0 Å². The van der Waals surface area contributed by atoms with E-state index in [4.69, 9.17) is 5.11 Å². The summed E-state index contributed by atoms with van der Waals surface area (Å²) in [5.74, 6) is -1.94. The molecule has 2 aromatic rings. The van der Waals surface area contributed by atoms with Crippen LogP contribution < -0.4 is 10.6 Å². The number of carboxylic acids is 1. The predicted molar refractivity (Wildman–Crippen MR) is 99.3 cm³/mol. The number of hydrogen-bond donors (Lipinski definition) is 3. The van der Waals surface area contributed by atoms with Crippen LogP contribution in [0.5, 0.6) is 0 Å². The highest BCUT2D eigenvalue weighted by atomic mass is 16.4. The zero-order chi connectivity index (χ0) is 19.3. The Morgan fingerprint density at radius 3 is 2.31 bits per heavy atom. The fourth-order valence-electron chi connectivity index (χ4n) is 2.53. The third-order valence-electron chi connectivity index (χ3n) is 4.00. The molecule has 0 aliphatic heterocycles. The van der Waals surface area contributed by atoms with Crippen LogP contribution in [0.2, 0.25) is 0 Å². The fourth-order valence-corrected chi connectivity index (χ4v) is 2.53. The molecule has 6 nitrogen and oxygen atoms in total. The second-order valence-corrected chi connectivity index (χ2v) is 6.39. The molecule has 0 aliphatic rings. The zero-order valence-electron chi connectivity index (χ0n) is 14.9. The lowest BCUT2D eigenvalue weighted by Crippen LogP contribution is -2.47. The number of amides is 2. The molecule has 0 aromatic heterocycles. The minimum atomic E-state index is -1.07. The quantitative estimate of drug-likeness (QED) is 0.743. The van der Waals surface area contributed by atoms with Gasteiger partial charge in [-0.25, -0.2) is 4.79 Å². The van der Waals surface area contributed by atoms with Crippen molar-refractivity contribution >= 4 is 23.5 Å². The molecule has 3 N–H and O–H groups in total. The van der Waals surface area contributed by atoms with E-state index in [2.05, 4.69) is 10.6 Å². The molecule has 2 rings (SSSR count). The first-order valence-corrected chi connectivity index (χ1v) is 8.30. The minimum Gasteiger partial charge on any atom is -0.478 e. The Morgan fingerprint density at radius 1 is 1.00 bits per heavy atom. The van der Waals surface area contributed by atoms with Crippen molar-refractivity contribution in [2.75, 3.05) is 5.32 Å². The van der Waals surface area contributed by atoms with Gasteiger partial charge in [0.15, 0.2) is 0 Å². The molecule has 0 saturated heterocycles. The standard InChI is InChI=1S/C20H22N2O4/c1-12(2)17(22-18(23)16-10-5-4-7-13(16)3)19(24)21-15-9-6-8-14(11-15)20(25)26/h4-12,17H,1-3H3,(H,21,24)(H,22,23)(H,25,26)/t17-/m1/s1. The Bertz CT molecular complexity index is 830. The van der Waals surface area contributed by atoms with E-state index in [9.17, 15) is 14.4 Å². The van der Waals surface area contributed by atoms with Crippen LogP contribution in [0.4, 0.5) is 5.69 Å². The number of aromatic carboxylic acids is 1. The summed E-state index contributed by atoms with van der Waals surface area (Å²) in [5, 5.41) is 14.5. The molecule has 0 bridgehead atoms. The number of carbonyl (C=O) groups excluding carboxylic acids is 2. The summed E-state index contributed by atoms with van der Waals surface area (Å²) in [6, 6.07) is 12.4. The maximum atomic E-state index is 12.6. The lowest BCUT2D eigenvalue weighted by molar-refractivity contribution is -0.118. The number of aryl methyl sites for hydroxylation is 1. The molecule has 26 heavy (non-hydrogen) atoms. The average Bonchev–Trinajstić information content (AvgIpc) is 2.59. The van der Waals surface area contributed by atoms with Crippen LogP contribution in [0.25, 0.3) is 0 Å². The molecule has 136 valence electrons. The van der Waals surface area contributed by atoms with Gasteiger partial charge in [0.05, 0.1) is 5.56 Å². The van der Waals surface area contributed by atoms with Gasteiger partial charge in [0.2, 0.25) is 5.91 Å². The highest BCUT2D eigenvalue weighted by Crippen LogP contribution is 2.14. The summed E-state index contributed by atoms with van der Waals surface area (Å²) in [5.41, 5.74) is 1.78. The molecule has 0 heterocycles. The van der Waals surface area contributed by atoms with E-state index in [-0.39, 0.29) is 17.4 Å². The van der Waals surface area contributed by atoms with Gasteiger partial charge in [-0.3, -0.25) is 9.59 Å². The van der Waals surface area contributed by atoms with E-state index >= 15 is 0 Å². The molecule has 2 aromatic carbocycles. The third kappa shape index (κ3) is 4.69. The van der Waals surface area contributed by atoms with E-state index in [1.54, 1.807) is 24.3 Å². The Hall–Kier alpha value is -3.15. The Labute approximate surface area is 152 Å². The van der Waals surface area contributed by atoms with Crippen molar-refractivity contribution in [3.8, 4) is 0 Å². The summed E-state index contributed by atoms with van der Waals surface area (Å²) in [4.78, 5) is 36.2. The molecule has 0 unspecified atom stereocenters. The SMILES string of the molecule is Cc1ccccc1C(=O)N[C@@H](C(=O)Nc1cccc(C(=O)O)c1)C(C)C.